The van der Waals surface area contributed by atoms with Gasteiger partial charge in [0.05, 0.1) is 6.04 Å². The van der Waals surface area contributed by atoms with E-state index in [1.165, 1.54) is 13.0 Å². The van der Waals surface area contributed by atoms with Crippen LogP contribution in [0.25, 0.3) is 0 Å². The number of hydrogen-bond acceptors (Lipinski definition) is 3. The highest BCUT2D eigenvalue weighted by Gasteiger charge is 2.25. The molecule has 1 aromatic heterocycles. The van der Waals surface area contributed by atoms with E-state index in [1.807, 2.05) is 0 Å². The highest BCUT2D eigenvalue weighted by atomic mass is 16.2. The molecule has 0 radical (unpaired) electrons. The molecule has 0 saturated heterocycles. The van der Waals surface area contributed by atoms with Crippen molar-refractivity contribution in [3.05, 3.63) is 46.4 Å². The number of amides is 2. The topological polar surface area (TPSA) is 91.1 Å². The van der Waals surface area contributed by atoms with Gasteiger partial charge in [0.1, 0.15) is 6.04 Å². The third kappa shape index (κ3) is 3.84. The van der Waals surface area contributed by atoms with E-state index in [2.05, 4.69) is 22.2 Å². The average Bonchev–Trinajstić information content (AvgIpc) is 2.46. The highest BCUT2D eigenvalue weighted by Crippen LogP contribution is 2.27. The summed E-state index contributed by atoms with van der Waals surface area (Å²) in [5.41, 5.74) is 1.69. The Kier molecular flexibility index (Phi) is 5.14. The maximum atomic E-state index is 12.4. The quantitative estimate of drug-likeness (QED) is 0.707. The second-order valence-corrected chi connectivity index (χ2v) is 5.49. The number of H-pyrrole nitrogens is 1. The van der Waals surface area contributed by atoms with Crippen molar-refractivity contribution < 1.29 is 9.59 Å². The minimum atomic E-state index is -0.622. The smallest absolute Gasteiger partial charge is 0.248 e. The lowest BCUT2D eigenvalue weighted by Crippen LogP contribution is -2.47. The molecule has 0 bridgehead atoms. The van der Waals surface area contributed by atoms with Gasteiger partial charge >= 0.3 is 0 Å². The van der Waals surface area contributed by atoms with Gasteiger partial charge in [-0.1, -0.05) is 6.08 Å². The molecule has 6 heteroatoms. The molecule has 3 N–H and O–H groups in total. The van der Waals surface area contributed by atoms with E-state index in [4.69, 9.17) is 0 Å². The van der Waals surface area contributed by atoms with Crippen molar-refractivity contribution in [2.75, 3.05) is 0 Å². The Bertz CT molecular complexity index is 636. The molecule has 0 aliphatic heterocycles. The second kappa shape index (κ2) is 7.06. The monoisotopic (exact) mass is 303 g/mol. The van der Waals surface area contributed by atoms with Gasteiger partial charge in [0.15, 0.2) is 0 Å². The number of carbonyl (C=O) groups is 2. The van der Waals surface area contributed by atoms with Gasteiger partial charge in [0, 0.05) is 18.7 Å². The number of aromatic amines is 1. The van der Waals surface area contributed by atoms with E-state index >= 15 is 0 Å². The molecule has 2 atom stereocenters. The Morgan fingerprint density at radius 3 is 2.95 bits per heavy atom. The molecule has 0 aromatic carbocycles. The van der Waals surface area contributed by atoms with Crippen molar-refractivity contribution >= 4 is 11.8 Å². The molecule has 1 aliphatic rings. The first-order valence-corrected chi connectivity index (χ1v) is 7.41. The fourth-order valence-electron chi connectivity index (χ4n) is 2.77. The van der Waals surface area contributed by atoms with Crippen LogP contribution in [0.2, 0.25) is 0 Å². The molecule has 0 fully saturated rings. The molecule has 0 spiro atoms. The third-order valence-electron chi connectivity index (χ3n) is 3.74. The number of fused-ring (bicyclic) bond motifs is 1. The summed E-state index contributed by atoms with van der Waals surface area (Å²) < 4.78 is 0. The molecule has 1 aliphatic carbocycles. The lowest BCUT2D eigenvalue weighted by molar-refractivity contribution is -0.128. The zero-order chi connectivity index (χ0) is 16.1. The first-order valence-electron chi connectivity index (χ1n) is 7.41. The Labute approximate surface area is 129 Å². The zero-order valence-corrected chi connectivity index (χ0v) is 12.6. The molecular weight excluding hydrogens is 282 g/mol. The highest BCUT2D eigenvalue weighted by molar-refractivity contribution is 5.87. The van der Waals surface area contributed by atoms with Gasteiger partial charge in [-0.15, -0.1) is 6.58 Å². The van der Waals surface area contributed by atoms with Crippen LogP contribution in [0.4, 0.5) is 0 Å². The van der Waals surface area contributed by atoms with Gasteiger partial charge in [-0.3, -0.25) is 14.4 Å². The fraction of sp³-hybridized carbons (Fsp3) is 0.438. The number of aromatic nitrogens is 1. The predicted octanol–water partition coefficient (Wildman–Crippen LogP) is 0.949. The van der Waals surface area contributed by atoms with Crippen LogP contribution in [-0.2, 0) is 16.0 Å². The maximum absolute atomic E-state index is 12.4. The van der Waals surface area contributed by atoms with Crippen LogP contribution in [0.3, 0.4) is 0 Å². The molecule has 118 valence electrons. The zero-order valence-electron chi connectivity index (χ0n) is 12.6. The number of rotatable bonds is 5. The van der Waals surface area contributed by atoms with Gasteiger partial charge in [-0.25, -0.2) is 0 Å². The minimum Gasteiger partial charge on any atom is -0.347 e. The summed E-state index contributed by atoms with van der Waals surface area (Å²) in [7, 11) is 0. The molecule has 0 unspecified atom stereocenters. The molecular formula is C16H21N3O3. The van der Waals surface area contributed by atoms with Crippen LogP contribution in [0.1, 0.15) is 43.5 Å². The van der Waals surface area contributed by atoms with Crippen LogP contribution in [0.15, 0.2) is 29.6 Å². The predicted molar refractivity (Wildman–Crippen MR) is 83.3 cm³/mol. The lowest BCUT2D eigenvalue weighted by atomic mass is 9.91. The van der Waals surface area contributed by atoms with Crippen molar-refractivity contribution in [3.63, 3.8) is 0 Å². The molecule has 1 heterocycles. The van der Waals surface area contributed by atoms with Crippen LogP contribution in [0, 0.1) is 0 Å². The van der Waals surface area contributed by atoms with Crippen molar-refractivity contribution in [1.82, 2.24) is 15.6 Å². The van der Waals surface area contributed by atoms with Crippen molar-refractivity contribution in [2.24, 2.45) is 0 Å². The van der Waals surface area contributed by atoms with Crippen molar-refractivity contribution in [1.29, 1.82) is 0 Å². The second-order valence-electron chi connectivity index (χ2n) is 5.49. The summed E-state index contributed by atoms with van der Waals surface area (Å²) in [6.07, 6.45) is 4.48. The van der Waals surface area contributed by atoms with Crippen LogP contribution < -0.4 is 16.2 Å². The van der Waals surface area contributed by atoms with Crippen molar-refractivity contribution in [3.8, 4) is 0 Å². The number of carbonyl (C=O) groups excluding carboxylic acids is 2. The summed E-state index contributed by atoms with van der Waals surface area (Å²) in [6, 6.07) is 2.47. The SMILES string of the molecule is C=CC[C@H](NC(C)=O)C(=O)N[C@@H]1CCCc2[nH]c(=O)ccc21. The summed E-state index contributed by atoms with van der Waals surface area (Å²) in [6.45, 7) is 4.99. The molecule has 1 aromatic rings. The summed E-state index contributed by atoms with van der Waals surface area (Å²) in [5, 5.41) is 5.58. The molecule has 2 amide bonds. The van der Waals surface area contributed by atoms with Gasteiger partial charge in [0.25, 0.3) is 0 Å². The van der Waals surface area contributed by atoms with E-state index < -0.39 is 6.04 Å². The Balaban J connectivity index is 2.13. The summed E-state index contributed by atoms with van der Waals surface area (Å²) in [4.78, 5) is 37.8. The van der Waals surface area contributed by atoms with Gasteiger partial charge in [-0.2, -0.15) is 0 Å². The van der Waals surface area contributed by atoms with E-state index in [1.54, 1.807) is 12.1 Å². The molecule has 6 nitrogen and oxygen atoms in total. The van der Waals surface area contributed by atoms with Crippen LogP contribution in [0.5, 0.6) is 0 Å². The van der Waals surface area contributed by atoms with Crippen molar-refractivity contribution in [2.45, 2.75) is 44.7 Å². The summed E-state index contributed by atoms with van der Waals surface area (Å²) in [5.74, 6) is -0.491. The fourth-order valence-corrected chi connectivity index (χ4v) is 2.77. The van der Waals surface area contributed by atoms with Crippen LogP contribution in [-0.4, -0.2) is 22.8 Å². The van der Waals surface area contributed by atoms with E-state index in [9.17, 15) is 14.4 Å². The van der Waals surface area contributed by atoms with E-state index in [0.29, 0.717) is 6.42 Å². The average molecular weight is 303 g/mol. The number of pyridine rings is 1. The standard InChI is InChI=1S/C16H21N3O3/c1-3-5-14(17-10(2)20)16(22)19-13-7-4-6-12-11(13)8-9-15(21)18-12/h3,8-9,13-14H,1,4-7H2,2H3,(H,17,20)(H,18,21)(H,19,22)/t13-,14+/m1/s1. The molecule has 22 heavy (non-hydrogen) atoms. The first-order chi connectivity index (χ1) is 10.5. The van der Waals surface area contributed by atoms with E-state index in [-0.39, 0.29) is 23.4 Å². The van der Waals surface area contributed by atoms with Gasteiger partial charge in [0.2, 0.25) is 17.4 Å². The van der Waals surface area contributed by atoms with Gasteiger partial charge in [-0.05, 0) is 37.3 Å². The number of hydrogen-bond donors (Lipinski definition) is 3. The van der Waals surface area contributed by atoms with Gasteiger partial charge < -0.3 is 15.6 Å². The Morgan fingerprint density at radius 1 is 1.50 bits per heavy atom. The third-order valence-corrected chi connectivity index (χ3v) is 3.74. The Morgan fingerprint density at radius 2 is 2.27 bits per heavy atom. The Hall–Kier alpha value is -2.37. The summed E-state index contributed by atoms with van der Waals surface area (Å²) >= 11 is 0. The van der Waals surface area contributed by atoms with E-state index in [0.717, 1.165) is 30.5 Å². The molecule has 2 rings (SSSR count). The minimum absolute atomic E-state index is 0.131. The van der Waals surface area contributed by atoms with Crippen LogP contribution >= 0.6 is 0 Å². The number of nitrogens with one attached hydrogen (secondary N) is 3. The first kappa shape index (κ1) is 16.0. The number of aryl methyl sites for hydroxylation is 1. The lowest BCUT2D eigenvalue weighted by Gasteiger charge is -2.27. The molecule has 0 saturated carbocycles. The normalized spacial score (nSPS) is 18.0. The maximum Gasteiger partial charge on any atom is 0.248 e. The largest absolute Gasteiger partial charge is 0.347 e.